The third-order valence-electron chi connectivity index (χ3n) is 8.60. The van der Waals surface area contributed by atoms with Crippen LogP contribution in [0.4, 0.5) is 0 Å². The summed E-state index contributed by atoms with van der Waals surface area (Å²) in [6.45, 7) is 0. The van der Waals surface area contributed by atoms with Crippen molar-refractivity contribution in [1.29, 1.82) is 0 Å². The molecule has 0 N–H and O–H groups in total. The van der Waals surface area contributed by atoms with Crippen LogP contribution in [0.3, 0.4) is 0 Å². The second-order valence-corrected chi connectivity index (χ2v) is 11.7. The Morgan fingerprint density at radius 3 is 1.57 bits per heavy atom. The van der Waals surface area contributed by atoms with Gasteiger partial charge in [-0.2, -0.15) is 0 Å². The lowest BCUT2D eigenvalue weighted by molar-refractivity contribution is 0.670. The molecule has 0 aliphatic carbocycles. The summed E-state index contributed by atoms with van der Waals surface area (Å²) in [5.41, 5.74) is 8.09. The van der Waals surface area contributed by atoms with E-state index in [1.165, 1.54) is 0 Å². The van der Waals surface area contributed by atoms with Gasteiger partial charge in [-0.05, 0) is 58.1 Å². The predicted octanol–water partition coefficient (Wildman–Crippen LogP) is 11.8. The zero-order chi connectivity index (χ0) is 36.9. The van der Waals surface area contributed by atoms with Crippen molar-refractivity contribution >= 4 is 21.9 Å². The summed E-state index contributed by atoms with van der Waals surface area (Å²) < 4.78 is 48.2. The minimum absolute atomic E-state index is 0.0908. The molecule has 0 saturated heterocycles. The molecule has 49 heavy (non-hydrogen) atoms. The van der Waals surface area contributed by atoms with Gasteiger partial charge in [0.05, 0.1) is 6.85 Å². The number of benzene rings is 7. The van der Waals surface area contributed by atoms with Crippen LogP contribution in [0.5, 0.6) is 0 Å². The predicted molar refractivity (Wildman–Crippen MR) is 200 cm³/mol. The van der Waals surface area contributed by atoms with Gasteiger partial charge in [-0.3, -0.25) is 0 Å². The van der Waals surface area contributed by atoms with E-state index < -0.39 is 18.1 Å². The molecule has 0 fully saturated rings. The number of aromatic nitrogens is 3. The van der Waals surface area contributed by atoms with Crippen molar-refractivity contribution in [2.75, 3.05) is 0 Å². The molecular weight excluding hydrogens is 599 g/mol. The van der Waals surface area contributed by atoms with Crippen LogP contribution >= 0.6 is 0 Å². The summed E-state index contributed by atoms with van der Waals surface area (Å²) in [6, 6.07) is 46.1. The largest absolute Gasteiger partial charge is 0.455 e. The van der Waals surface area contributed by atoms with Gasteiger partial charge < -0.3 is 4.42 Å². The molecule has 230 valence electrons. The Labute approximate surface area is 291 Å². The zero-order valence-corrected chi connectivity index (χ0v) is 26.1. The van der Waals surface area contributed by atoms with Gasteiger partial charge in [-0.15, -0.1) is 0 Å². The average Bonchev–Trinajstić information content (AvgIpc) is 3.61. The zero-order valence-electron chi connectivity index (χ0n) is 31.1. The van der Waals surface area contributed by atoms with E-state index in [-0.39, 0.29) is 17.6 Å². The van der Waals surface area contributed by atoms with Crippen molar-refractivity contribution in [3.8, 4) is 67.5 Å². The number of furan rings is 1. The molecule has 4 nitrogen and oxygen atoms in total. The second kappa shape index (κ2) is 12.2. The van der Waals surface area contributed by atoms with Crippen LogP contribution < -0.4 is 0 Å². The molecule has 7 aromatic carbocycles. The van der Waals surface area contributed by atoms with Crippen molar-refractivity contribution in [3.63, 3.8) is 0 Å². The van der Waals surface area contributed by atoms with E-state index >= 15 is 0 Å². The molecule has 0 aliphatic heterocycles. The number of fused-ring (bicyclic) bond motifs is 3. The topological polar surface area (TPSA) is 51.8 Å². The lowest BCUT2D eigenvalue weighted by Gasteiger charge is -2.12. The Balaban J connectivity index is 1.23. The van der Waals surface area contributed by atoms with Gasteiger partial charge >= 0.3 is 0 Å². The Morgan fingerprint density at radius 2 is 0.939 bits per heavy atom. The SMILES string of the molecule is [2H]c1c([2H])c([2H])c(-c2cccc3c2oc2cc(-c4nc(-c5ccccc5)nc(-c5cc(-c6ccccc6)cc(-c6ccccc6)c5)n4)ccc23)c([2H])c1[2H]. The smallest absolute Gasteiger partial charge is 0.164 e. The van der Waals surface area contributed by atoms with Gasteiger partial charge in [0, 0.05) is 33.0 Å². The number of hydrogen-bond donors (Lipinski definition) is 0. The van der Waals surface area contributed by atoms with Gasteiger partial charge in [-0.25, -0.2) is 15.0 Å². The first-order valence-electron chi connectivity index (χ1n) is 18.4. The molecule has 0 radical (unpaired) electrons. The van der Waals surface area contributed by atoms with Crippen molar-refractivity contribution in [3.05, 3.63) is 176 Å². The van der Waals surface area contributed by atoms with Crippen LogP contribution in [0.1, 0.15) is 6.85 Å². The minimum atomic E-state index is -0.440. The Hall–Kier alpha value is -6.65. The molecule has 9 aromatic rings. The van der Waals surface area contributed by atoms with E-state index in [1.807, 2.05) is 91.0 Å². The van der Waals surface area contributed by atoms with Crippen LogP contribution in [0.25, 0.3) is 89.5 Å². The van der Waals surface area contributed by atoms with E-state index in [1.54, 1.807) is 12.1 Å². The van der Waals surface area contributed by atoms with Gasteiger partial charge in [0.25, 0.3) is 0 Å². The van der Waals surface area contributed by atoms with Crippen LogP contribution in [-0.4, -0.2) is 15.0 Å². The van der Waals surface area contributed by atoms with E-state index in [2.05, 4.69) is 42.5 Å². The van der Waals surface area contributed by atoms with Crippen LogP contribution in [0.2, 0.25) is 0 Å². The molecule has 0 saturated carbocycles. The number of para-hydroxylation sites is 1. The highest BCUT2D eigenvalue weighted by molar-refractivity contribution is 6.10. The maximum absolute atomic E-state index is 8.60. The van der Waals surface area contributed by atoms with Gasteiger partial charge in [0.15, 0.2) is 17.5 Å². The first-order valence-corrected chi connectivity index (χ1v) is 15.9. The van der Waals surface area contributed by atoms with Crippen molar-refractivity contribution in [1.82, 2.24) is 15.0 Å². The second-order valence-electron chi connectivity index (χ2n) is 11.7. The highest BCUT2D eigenvalue weighted by Gasteiger charge is 2.17. The molecule has 2 heterocycles. The molecule has 9 rings (SSSR count). The summed E-state index contributed by atoms with van der Waals surface area (Å²) in [5.74, 6) is 1.50. The Morgan fingerprint density at radius 1 is 0.388 bits per heavy atom. The van der Waals surface area contributed by atoms with Gasteiger partial charge in [0.2, 0.25) is 0 Å². The molecular formula is C45H29N3O. The van der Waals surface area contributed by atoms with Crippen LogP contribution in [0.15, 0.2) is 180 Å². The molecule has 0 bridgehead atoms. The third-order valence-corrected chi connectivity index (χ3v) is 8.60. The summed E-state index contributed by atoms with van der Waals surface area (Å²) in [4.78, 5) is 15.1. The monoisotopic (exact) mass is 632 g/mol. The molecule has 0 spiro atoms. The van der Waals surface area contributed by atoms with Crippen molar-refractivity contribution < 1.29 is 11.3 Å². The first-order chi connectivity index (χ1) is 26.3. The maximum Gasteiger partial charge on any atom is 0.164 e. The maximum atomic E-state index is 8.60. The van der Waals surface area contributed by atoms with Gasteiger partial charge in [0.1, 0.15) is 11.2 Å². The molecule has 4 heteroatoms. The van der Waals surface area contributed by atoms with Gasteiger partial charge in [-0.1, -0.05) is 145 Å². The van der Waals surface area contributed by atoms with Crippen LogP contribution in [-0.2, 0) is 0 Å². The lowest BCUT2D eigenvalue weighted by atomic mass is 9.96. The fourth-order valence-electron chi connectivity index (χ4n) is 6.22. The fraction of sp³-hybridized carbons (Fsp3) is 0. The Kier molecular flexibility index (Phi) is 5.87. The summed E-state index contributed by atoms with van der Waals surface area (Å²) in [6.07, 6.45) is 0. The summed E-state index contributed by atoms with van der Waals surface area (Å²) >= 11 is 0. The highest BCUT2D eigenvalue weighted by Crippen LogP contribution is 2.38. The highest BCUT2D eigenvalue weighted by atomic mass is 16.3. The lowest BCUT2D eigenvalue weighted by Crippen LogP contribution is -2.00. The normalized spacial score (nSPS) is 12.7. The first kappa shape index (κ1) is 23.6. The Bertz CT molecular complexity index is 2790. The van der Waals surface area contributed by atoms with E-state index in [0.717, 1.165) is 44.2 Å². The van der Waals surface area contributed by atoms with E-state index in [0.29, 0.717) is 39.8 Å². The molecule has 0 amide bonds. The number of rotatable bonds is 6. The average molecular weight is 633 g/mol. The number of nitrogens with zero attached hydrogens (tertiary/aromatic N) is 3. The third kappa shape index (κ3) is 5.45. The molecule has 0 atom stereocenters. The molecule has 2 aromatic heterocycles. The standard InChI is InChI=1S/C45H29N3O/c1-5-14-30(15-6-1)35-26-36(31-16-7-2-8-17-31)28-37(27-35)45-47-43(33-20-11-4-12-21-33)46-44(48-45)34-24-25-39-40-23-13-22-38(32-18-9-3-10-19-32)42(40)49-41(39)29-34/h1-29H/i3D,9D,10D,18D,19D. The fourth-order valence-corrected chi connectivity index (χ4v) is 6.22. The number of hydrogen-bond acceptors (Lipinski definition) is 4. The molecule has 0 unspecified atom stereocenters. The minimum Gasteiger partial charge on any atom is -0.455 e. The summed E-state index contributed by atoms with van der Waals surface area (Å²) in [7, 11) is 0. The molecule has 0 aliphatic rings. The van der Waals surface area contributed by atoms with Crippen molar-refractivity contribution in [2.45, 2.75) is 0 Å². The van der Waals surface area contributed by atoms with E-state index in [4.69, 9.17) is 26.2 Å². The van der Waals surface area contributed by atoms with Crippen molar-refractivity contribution in [2.24, 2.45) is 0 Å². The van der Waals surface area contributed by atoms with E-state index in [9.17, 15) is 0 Å². The quantitative estimate of drug-likeness (QED) is 0.183. The van der Waals surface area contributed by atoms with Crippen LogP contribution in [0, 0.1) is 0 Å². The summed E-state index contributed by atoms with van der Waals surface area (Å²) in [5, 5.41) is 1.57.